The molecule has 2 heterocycles. The molecule has 4 rings (SSSR count). The summed E-state index contributed by atoms with van der Waals surface area (Å²) in [7, 11) is 0. The third-order valence-corrected chi connectivity index (χ3v) is 4.69. The van der Waals surface area contributed by atoms with Gasteiger partial charge in [-0.3, -0.25) is 4.79 Å². The Balaban J connectivity index is 1.77. The van der Waals surface area contributed by atoms with Crippen LogP contribution in [-0.4, -0.2) is 18.6 Å². The summed E-state index contributed by atoms with van der Waals surface area (Å²) < 4.78 is 11.7. The van der Waals surface area contributed by atoms with Gasteiger partial charge < -0.3 is 20.1 Å². The molecule has 25 heavy (non-hydrogen) atoms. The van der Waals surface area contributed by atoms with Crippen LogP contribution in [0.5, 0.6) is 11.5 Å². The molecule has 2 atom stereocenters. The highest BCUT2D eigenvalue weighted by atomic mass is 16.5. The standard InChI is InChI=1S/C20H22N2O3/c1-4-24-14-9-13-8-12(3)25-18(13)15(10-14)19-21-16-7-5-6-11(2)17(16)20(23)22-19/h5-7,9-10,12,19,21H,4,8H2,1-3H3,(H,22,23). The van der Waals surface area contributed by atoms with Crippen molar-refractivity contribution in [3.63, 3.8) is 0 Å². The number of amides is 1. The molecule has 0 aliphatic carbocycles. The van der Waals surface area contributed by atoms with Crippen molar-refractivity contribution in [2.45, 2.75) is 39.5 Å². The van der Waals surface area contributed by atoms with Gasteiger partial charge >= 0.3 is 0 Å². The molecule has 2 aromatic rings. The average molecular weight is 338 g/mol. The zero-order valence-electron chi connectivity index (χ0n) is 14.7. The number of aryl methyl sites for hydroxylation is 1. The fourth-order valence-electron chi connectivity index (χ4n) is 3.64. The minimum absolute atomic E-state index is 0.0709. The predicted octanol–water partition coefficient (Wildman–Crippen LogP) is 3.57. The Morgan fingerprint density at radius 1 is 1.28 bits per heavy atom. The summed E-state index contributed by atoms with van der Waals surface area (Å²) in [5.41, 5.74) is 4.53. The molecular weight excluding hydrogens is 316 g/mol. The fraction of sp³-hybridized carbons (Fsp3) is 0.350. The van der Waals surface area contributed by atoms with E-state index in [0.717, 1.165) is 40.3 Å². The quantitative estimate of drug-likeness (QED) is 0.898. The first-order valence-electron chi connectivity index (χ1n) is 8.70. The van der Waals surface area contributed by atoms with E-state index >= 15 is 0 Å². The topological polar surface area (TPSA) is 59.6 Å². The van der Waals surface area contributed by atoms with Gasteiger partial charge in [-0.2, -0.15) is 0 Å². The highest BCUT2D eigenvalue weighted by Gasteiger charge is 2.32. The number of rotatable bonds is 3. The maximum absolute atomic E-state index is 12.6. The van der Waals surface area contributed by atoms with Gasteiger partial charge in [-0.15, -0.1) is 0 Å². The molecule has 2 aliphatic rings. The predicted molar refractivity (Wildman–Crippen MR) is 96.4 cm³/mol. The van der Waals surface area contributed by atoms with Crippen LogP contribution in [0.25, 0.3) is 0 Å². The second-order valence-electron chi connectivity index (χ2n) is 6.61. The van der Waals surface area contributed by atoms with Gasteiger partial charge in [-0.05, 0) is 44.5 Å². The van der Waals surface area contributed by atoms with Gasteiger partial charge in [0, 0.05) is 23.2 Å². The SMILES string of the molecule is CCOc1cc2c(c(C3NC(=O)c4c(C)cccc4N3)c1)OC(C)C2. The van der Waals surface area contributed by atoms with E-state index in [1.54, 1.807) is 0 Å². The third-order valence-electron chi connectivity index (χ3n) is 4.69. The Morgan fingerprint density at radius 2 is 2.12 bits per heavy atom. The summed E-state index contributed by atoms with van der Waals surface area (Å²) >= 11 is 0. The van der Waals surface area contributed by atoms with E-state index in [1.807, 2.05) is 44.2 Å². The van der Waals surface area contributed by atoms with Gasteiger partial charge in [0.1, 0.15) is 23.8 Å². The van der Waals surface area contributed by atoms with E-state index in [1.165, 1.54) is 0 Å². The van der Waals surface area contributed by atoms with Gasteiger partial charge in [0.25, 0.3) is 5.91 Å². The van der Waals surface area contributed by atoms with Crippen LogP contribution in [-0.2, 0) is 6.42 Å². The van der Waals surface area contributed by atoms with Gasteiger partial charge in [0.2, 0.25) is 0 Å². The van der Waals surface area contributed by atoms with Crippen LogP contribution in [0.4, 0.5) is 5.69 Å². The molecule has 0 bridgehead atoms. The molecule has 2 aromatic carbocycles. The van der Waals surface area contributed by atoms with Gasteiger partial charge in [0.05, 0.1) is 12.2 Å². The van der Waals surface area contributed by atoms with Gasteiger partial charge in [0.15, 0.2) is 0 Å². The Morgan fingerprint density at radius 3 is 2.92 bits per heavy atom. The van der Waals surface area contributed by atoms with Crippen LogP contribution in [0.1, 0.15) is 47.1 Å². The van der Waals surface area contributed by atoms with E-state index in [2.05, 4.69) is 17.6 Å². The van der Waals surface area contributed by atoms with E-state index in [-0.39, 0.29) is 18.2 Å². The minimum Gasteiger partial charge on any atom is -0.494 e. The summed E-state index contributed by atoms with van der Waals surface area (Å²) in [5, 5.41) is 6.49. The molecule has 2 N–H and O–H groups in total. The number of ether oxygens (including phenoxy) is 2. The van der Waals surface area contributed by atoms with Crippen molar-refractivity contribution >= 4 is 11.6 Å². The molecule has 130 valence electrons. The molecule has 1 amide bonds. The molecular formula is C20H22N2O3. The Bertz CT molecular complexity index is 847. The normalized spacial score (nSPS) is 20.8. The molecule has 0 fully saturated rings. The van der Waals surface area contributed by atoms with Crippen molar-refractivity contribution in [3.8, 4) is 11.5 Å². The number of carbonyl (C=O) groups is 1. The number of fused-ring (bicyclic) bond motifs is 2. The van der Waals surface area contributed by atoms with E-state index in [9.17, 15) is 4.79 Å². The van der Waals surface area contributed by atoms with Crippen molar-refractivity contribution in [2.24, 2.45) is 0 Å². The van der Waals surface area contributed by atoms with Crippen LogP contribution in [0, 0.1) is 6.92 Å². The molecule has 0 spiro atoms. The van der Waals surface area contributed by atoms with E-state index < -0.39 is 0 Å². The summed E-state index contributed by atoms with van der Waals surface area (Å²) in [6.45, 7) is 6.56. The van der Waals surface area contributed by atoms with E-state index in [4.69, 9.17) is 9.47 Å². The molecule has 0 aromatic heterocycles. The first kappa shape index (κ1) is 15.8. The molecule has 5 nitrogen and oxygen atoms in total. The average Bonchev–Trinajstić information content (AvgIpc) is 2.94. The maximum atomic E-state index is 12.6. The van der Waals surface area contributed by atoms with Crippen LogP contribution in [0.15, 0.2) is 30.3 Å². The first-order chi connectivity index (χ1) is 12.1. The molecule has 5 heteroatoms. The molecule has 2 unspecified atom stereocenters. The second-order valence-corrected chi connectivity index (χ2v) is 6.61. The summed E-state index contributed by atoms with van der Waals surface area (Å²) in [6, 6.07) is 9.83. The number of carbonyl (C=O) groups excluding carboxylic acids is 1. The fourth-order valence-corrected chi connectivity index (χ4v) is 3.64. The summed E-state index contributed by atoms with van der Waals surface area (Å²) in [6.07, 6.45) is 0.625. The number of nitrogens with one attached hydrogen (secondary N) is 2. The van der Waals surface area contributed by atoms with Crippen LogP contribution >= 0.6 is 0 Å². The van der Waals surface area contributed by atoms with Crippen LogP contribution in [0.3, 0.4) is 0 Å². The van der Waals surface area contributed by atoms with Crippen molar-refractivity contribution < 1.29 is 14.3 Å². The highest BCUT2D eigenvalue weighted by Crippen LogP contribution is 2.41. The first-order valence-corrected chi connectivity index (χ1v) is 8.70. The third kappa shape index (κ3) is 2.69. The Hall–Kier alpha value is -2.69. The summed E-state index contributed by atoms with van der Waals surface area (Å²) in [5.74, 6) is 1.59. The van der Waals surface area contributed by atoms with Gasteiger partial charge in [-0.25, -0.2) is 0 Å². The Labute approximate surface area is 147 Å². The largest absolute Gasteiger partial charge is 0.494 e. The van der Waals surface area contributed by atoms with Crippen molar-refractivity contribution in [1.82, 2.24) is 5.32 Å². The molecule has 2 aliphatic heterocycles. The maximum Gasteiger partial charge on any atom is 0.255 e. The number of benzene rings is 2. The lowest BCUT2D eigenvalue weighted by molar-refractivity contribution is 0.0934. The highest BCUT2D eigenvalue weighted by molar-refractivity contribution is 6.03. The van der Waals surface area contributed by atoms with Crippen molar-refractivity contribution in [3.05, 3.63) is 52.6 Å². The Kier molecular flexibility index (Phi) is 3.79. The smallest absolute Gasteiger partial charge is 0.255 e. The van der Waals surface area contributed by atoms with Crippen molar-refractivity contribution in [1.29, 1.82) is 0 Å². The molecule has 0 saturated carbocycles. The zero-order chi connectivity index (χ0) is 17.6. The lowest BCUT2D eigenvalue weighted by Gasteiger charge is -2.30. The van der Waals surface area contributed by atoms with Gasteiger partial charge in [-0.1, -0.05) is 12.1 Å². The van der Waals surface area contributed by atoms with E-state index in [0.29, 0.717) is 12.2 Å². The monoisotopic (exact) mass is 338 g/mol. The lowest BCUT2D eigenvalue weighted by atomic mass is 9.99. The molecule has 0 radical (unpaired) electrons. The number of anilines is 1. The number of hydrogen-bond acceptors (Lipinski definition) is 4. The van der Waals surface area contributed by atoms with Crippen molar-refractivity contribution in [2.75, 3.05) is 11.9 Å². The van der Waals surface area contributed by atoms with Crippen LogP contribution < -0.4 is 20.1 Å². The second kappa shape index (κ2) is 5.99. The lowest BCUT2D eigenvalue weighted by Crippen LogP contribution is -2.39. The minimum atomic E-state index is -0.346. The zero-order valence-corrected chi connectivity index (χ0v) is 14.7. The van der Waals surface area contributed by atoms with Crippen LogP contribution in [0.2, 0.25) is 0 Å². The number of hydrogen-bond donors (Lipinski definition) is 2. The summed E-state index contributed by atoms with van der Waals surface area (Å²) in [4.78, 5) is 12.6. The molecule has 0 saturated heterocycles.